The molecule has 264 valence electrons. The van der Waals surface area contributed by atoms with Crippen LogP contribution in [0.25, 0.3) is 0 Å². The molecule has 1 N–H and O–H groups in total. The molecule has 0 bridgehead atoms. The minimum absolute atomic E-state index is 0.0759. The van der Waals surface area contributed by atoms with E-state index in [1.807, 2.05) is 30.3 Å². The molecule has 0 aliphatic carbocycles. The number of unbranched alkanes of at least 4 members (excludes halogenated alkanes) is 18. The van der Waals surface area contributed by atoms with E-state index in [1.54, 1.807) is 0 Å². The van der Waals surface area contributed by atoms with Gasteiger partial charge < -0.3 is 14.8 Å². The Morgan fingerprint density at radius 1 is 0.630 bits per heavy atom. The van der Waals surface area contributed by atoms with Gasteiger partial charge in [0.05, 0.1) is 6.42 Å². The normalized spacial score (nSPS) is 11.8. The molecule has 0 heterocycles. The fourth-order valence-electron chi connectivity index (χ4n) is 5.78. The van der Waals surface area contributed by atoms with Crippen molar-refractivity contribution in [3.05, 3.63) is 35.9 Å². The molecule has 1 aromatic rings. The molecule has 46 heavy (non-hydrogen) atoms. The lowest BCUT2D eigenvalue weighted by Crippen LogP contribution is -2.34. The van der Waals surface area contributed by atoms with Gasteiger partial charge in [0, 0.05) is 6.42 Å². The molecular formula is C40H69NO5. The third-order valence-electron chi connectivity index (χ3n) is 8.68. The molecule has 0 saturated carbocycles. The van der Waals surface area contributed by atoms with E-state index in [-0.39, 0.29) is 31.4 Å². The average molecular weight is 644 g/mol. The lowest BCUT2D eigenvalue weighted by Gasteiger charge is -2.18. The summed E-state index contributed by atoms with van der Waals surface area (Å²) in [6.07, 6.45) is 26.6. The topological polar surface area (TPSA) is 81.7 Å². The van der Waals surface area contributed by atoms with E-state index in [4.69, 9.17) is 9.47 Å². The summed E-state index contributed by atoms with van der Waals surface area (Å²) in [6.45, 7) is 6.81. The second-order valence-electron chi connectivity index (χ2n) is 13.7. The van der Waals surface area contributed by atoms with Crippen molar-refractivity contribution in [2.24, 2.45) is 5.92 Å². The highest BCUT2D eigenvalue weighted by molar-refractivity contribution is 5.82. The number of rotatable bonds is 31. The Labute approximate surface area is 282 Å². The molecule has 0 aliphatic heterocycles. The Hall–Kier alpha value is -2.37. The van der Waals surface area contributed by atoms with Gasteiger partial charge in [-0.25, -0.2) is 0 Å². The predicted molar refractivity (Wildman–Crippen MR) is 190 cm³/mol. The van der Waals surface area contributed by atoms with Crippen LogP contribution in [-0.2, 0) is 30.5 Å². The summed E-state index contributed by atoms with van der Waals surface area (Å²) in [5, 5.41) is 2.65. The standard InChI is InChI=1S/C40H69NO5/c1-4-5-6-7-8-9-10-11-12-16-19-25-30-37(32-38(42)41-33-40(44)45-34-36-28-23-21-24-29-36)46-39(43)31-26-20-17-14-13-15-18-22-27-35(2)3/h21,23-24,28-29,35,37H,4-20,22,25-27,30-34H2,1-3H3,(H,41,42). The average Bonchev–Trinajstić information content (AvgIpc) is 3.04. The molecule has 6 nitrogen and oxygen atoms in total. The van der Waals surface area contributed by atoms with Crippen molar-refractivity contribution in [1.82, 2.24) is 5.32 Å². The summed E-state index contributed by atoms with van der Waals surface area (Å²) in [5.74, 6) is -0.191. The summed E-state index contributed by atoms with van der Waals surface area (Å²) in [5.41, 5.74) is 0.897. The maximum Gasteiger partial charge on any atom is 0.325 e. The van der Waals surface area contributed by atoms with E-state index in [0.29, 0.717) is 12.8 Å². The molecule has 1 aromatic carbocycles. The van der Waals surface area contributed by atoms with Gasteiger partial charge >= 0.3 is 11.9 Å². The largest absolute Gasteiger partial charge is 0.462 e. The van der Waals surface area contributed by atoms with Crippen LogP contribution in [0.1, 0.15) is 180 Å². The van der Waals surface area contributed by atoms with Gasteiger partial charge in [0.15, 0.2) is 0 Å². The molecule has 0 fully saturated rings. The van der Waals surface area contributed by atoms with E-state index < -0.39 is 12.1 Å². The smallest absolute Gasteiger partial charge is 0.325 e. The molecule has 1 rings (SSSR count). The van der Waals surface area contributed by atoms with Crippen LogP contribution in [0.2, 0.25) is 0 Å². The van der Waals surface area contributed by atoms with Crippen molar-refractivity contribution in [2.45, 2.75) is 188 Å². The summed E-state index contributed by atoms with van der Waals surface area (Å²) < 4.78 is 11.1. The van der Waals surface area contributed by atoms with Crippen LogP contribution >= 0.6 is 0 Å². The third kappa shape index (κ3) is 26.8. The van der Waals surface area contributed by atoms with E-state index in [0.717, 1.165) is 43.6 Å². The number of hydrogen-bond donors (Lipinski definition) is 1. The number of hydrogen-bond acceptors (Lipinski definition) is 5. The zero-order valence-electron chi connectivity index (χ0n) is 30.0. The van der Waals surface area contributed by atoms with Gasteiger partial charge in [-0.15, -0.1) is 0 Å². The Morgan fingerprint density at radius 3 is 1.67 bits per heavy atom. The first-order valence-electron chi connectivity index (χ1n) is 19.1. The number of carbonyl (C=O) groups excluding carboxylic acids is 3. The molecule has 1 amide bonds. The fraction of sp³-hybridized carbons (Fsp3) is 0.775. The van der Waals surface area contributed by atoms with Crippen molar-refractivity contribution in [3.8, 4) is 0 Å². The van der Waals surface area contributed by atoms with Crippen molar-refractivity contribution in [3.63, 3.8) is 0 Å². The van der Waals surface area contributed by atoms with Gasteiger partial charge in [-0.05, 0) is 30.7 Å². The van der Waals surface area contributed by atoms with Crippen LogP contribution in [0.3, 0.4) is 0 Å². The van der Waals surface area contributed by atoms with Crippen molar-refractivity contribution in [2.75, 3.05) is 6.54 Å². The lowest BCUT2D eigenvalue weighted by molar-refractivity contribution is -0.152. The highest BCUT2D eigenvalue weighted by Crippen LogP contribution is 2.17. The van der Waals surface area contributed by atoms with Gasteiger partial charge in [0.2, 0.25) is 5.91 Å². The summed E-state index contributed by atoms with van der Waals surface area (Å²) in [6, 6.07) is 9.45. The highest BCUT2D eigenvalue weighted by atomic mass is 16.5. The monoisotopic (exact) mass is 644 g/mol. The quantitative estimate of drug-likeness (QED) is 0.0643. The molecule has 0 saturated heterocycles. The van der Waals surface area contributed by atoms with Crippen LogP contribution in [-0.4, -0.2) is 30.5 Å². The number of carbonyl (C=O) groups is 3. The van der Waals surface area contributed by atoms with Crippen LogP contribution in [0.5, 0.6) is 0 Å². The molecule has 0 aliphatic rings. The van der Waals surface area contributed by atoms with Crippen molar-refractivity contribution < 1.29 is 23.9 Å². The second-order valence-corrected chi connectivity index (χ2v) is 13.7. The van der Waals surface area contributed by atoms with E-state index in [9.17, 15) is 14.4 Å². The zero-order chi connectivity index (χ0) is 33.5. The lowest BCUT2D eigenvalue weighted by atomic mass is 10.0. The summed E-state index contributed by atoms with van der Waals surface area (Å²) >= 11 is 0. The number of esters is 2. The van der Waals surface area contributed by atoms with Gasteiger partial charge in [-0.2, -0.15) is 0 Å². The Morgan fingerprint density at radius 2 is 1.13 bits per heavy atom. The second kappa shape index (κ2) is 30.0. The zero-order valence-corrected chi connectivity index (χ0v) is 30.0. The summed E-state index contributed by atoms with van der Waals surface area (Å²) in [7, 11) is 0. The molecule has 0 aromatic heterocycles. The van der Waals surface area contributed by atoms with E-state index >= 15 is 0 Å². The van der Waals surface area contributed by atoms with Gasteiger partial charge in [-0.3, -0.25) is 14.4 Å². The third-order valence-corrected chi connectivity index (χ3v) is 8.68. The highest BCUT2D eigenvalue weighted by Gasteiger charge is 2.19. The Bertz CT molecular complexity index is 872. The first-order chi connectivity index (χ1) is 22.4. The Balaban J connectivity index is 2.32. The molecule has 0 radical (unpaired) electrons. The first-order valence-corrected chi connectivity index (χ1v) is 19.1. The minimum Gasteiger partial charge on any atom is -0.462 e. The maximum atomic E-state index is 12.7. The van der Waals surface area contributed by atoms with Crippen LogP contribution in [0, 0.1) is 5.92 Å². The number of ether oxygens (including phenoxy) is 2. The van der Waals surface area contributed by atoms with Gasteiger partial charge in [-0.1, -0.05) is 173 Å². The molecular weight excluding hydrogens is 574 g/mol. The first kappa shape index (κ1) is 41.7. The van der Waals surface area contributed by atoms with E-state index in [2.05, 4.69) is 26.1 Å². The van der Waals surface area contributed by atoms with Gasteiger partial charge in [0.1, 0.15) is 19.3 Å². The molecule has 1 atom stereocenters. The van der Waals surface area contributed by atoms with Crippen molar-refractivity contribution in [1.29, 1.82) is 0 Å². The molecule has 1 unspecified atom stereocenters. The minimum atomic E-state index is -0.484. The van der Waals surface area contributed by atoms with Crippen molar-refractivity contribution >= 4 is 17.8 Å². The number of nitrogens with one attached hydrogen (secondary N) is 1. The van der Waals surface area contributed by atoms with Gasteiger partial charge in [0.25, 0.3) is 0 Å². The maximum absolute atomic E-state index is 12.7. The predicted octanol–water partition coefficient (Wildman–Crippen LogP) is 10.8. The Kier molecular flexibility index (Phi) is 27.2. The number of benzene rings is 1. The van der Waals surface area contributed by atoms with Crippen LogP contribution in [0.4, 0.5) is 0 Å². The fourth-order valence-corrected chi connectivity index (χ4v) is 5.78. The number of amides is 1. The van der Waals surface area contributed by atoms with Crippen LogP contribution < -0.4 is 5.32 Å². The van der Waals surface area contributed by atoms with Crippen LogP contribution in [0.15, 0.2) is 30.3 Å². The molecule has 6 heteroatoms. The molecule has 0 spiro atoms. The van der Waals surface area contributed by atoms with E-state index in [1.165, 1.54) is 103 Å². The SMILES string of the molecule is CCCCCCCCCCCCCCC(CC(=O)NCC(=O)OCc1ccccc1)OC(=O)CCCCCCCCCCC(C)C. The summed E-state index contributed by atoms with van der Waals surface area (Å²) in [4.78, 5) is 37.5.